The standard InChI is InChI=1S/C19H15N3O6/c1-27-18(25)11-6-8-12(9-7-11)20-15(23)10-28-19(26)16-13-4-2-3-5-14(13)17(24)22-21-16/h2-9H,10H2,1H3,(H,20,23)(H,22,24). The number of anilines is 1. The van der Waals surface area contributed by atoms with Crippen molar-refractivity contribution in [2.75, 3.05) is 19.0 Å². The number of H-pyrrole nitrogens is 1. The van der Waals surface area contributed by atoms with Gasteiger partial charge in [0.25, 0.3) is 11.5 Å². The van der Waals surface area contributed by atoms with Gasteiger partial charge in [0.1, 0.15) is 0 Å². The first-order valence-electron chi connectivity index (χ1n) is 8.12. The summed E-state index contributed by atoms with van der Waals surface area (Å²) in [6.07, 6.45) is 0. The molecular weight excluding hydrogens is 366 g/mol. The Morgan fingerprint density at radius 3 is 2.36 bits per heavy atom. The maximum atomic E-state index is 12.2. The van der Waals surface area contributed by atoms with Crippen LogP contribution in [0.4, 0.5) is 5.69 Å². The van der Waals surface area contributed by atoms with Crippen LogP contribution in [-0.2, 0) is 14.3 Å². The van der Waals surface area contributed by atoms with Crippen LogP contribution in [0, 0.1) is 0 Å². The minimum absolute atomic E-state index is 0.0922. The summed E-state index contributed by atoms with van der Waals surface area (Å²) in [4.78, 5) is 47.3. The van der Waals surface area contributed by atoms with E-state index in [0.29, 0.717) is 22.0 Å². The van der Waals surface area contributed by atoms with Crippen LogP contribution < -0.4 is 10.9 Å². The third-order valence-corrected chi connectivity index (χ3v) is 3.81. The molecule has 1 amide bonds. The summed E-state index contributed by atoms with van der Waals surface area (Å²) in [5, 5.41) is 9.09. The predicted molar refractivity (Wildman–Crippen MR) is 99.1 cm³/mol. The van der Waals surface area contributed by atoms with Gasteiger partial charge in [-0.05, 0) is 30.3 Å². The quantitative estimate of drug-likeness (QED) is 0.641. The van der Waals surface area contributed by atoms with Crippen molar-refractivity contribution in [3.8, 4) is 0 Å². The minimum Gasteiger partial charge on any atom is -0.465 e. The number of carbonyl (C=O) groups excluding carboxylic acids is 3. The Hall–Kier alpha value is -4.01. The minimum atomic E-state index is -0.844. The number of aromatic amines is 1. The van der Waals surface area contributed by atoms with Gasteiger partial charge in [-0.15, -0.1) is 0 Å². The van der Waals surface area contributed by atoms with Gasteiger partial charge in [-0.1, -0.05) is 18.2 Å². The molecule has 0 atom stereocenters. The Morgan fingerprint density at radius 2 is 1.68 bits per heavy atom. The van der Waals surface area contributed by atoms with E-state index in [0.717, 1.165) is 0 Å². The number of methoxy groups -OCH3 is 1. The van der Waals surface area contributed by atoms with E-state index in [1.54, 1.807) is 24.3 Å². The van der Waals surface area contributed by atoms with E-state index < -0.39 is 30.0 Å². The molecule has 0 aliphatic heterocycles. The lowest BCUT2D eigenvalue weighted by molar-refractivity contribution is -0.119. The van der Waals surface area contributed by atoms with Crippen molar-refractivity contribution in [2.45, 2.75) is 0 Å². The zero-order chi connectivity index (χ0) is 20.1. The second kappa shape index (κ2) is 8.12. The lowest BCUT2D eigenvalue weighted by Crippen LogP contribution is -2.22. The number of fused-ring (bicyclic) bond motifs is 1. The molecule has 0 saturated heterocycles. The molecule has 2 N–H and O–H groups in total. The van der Waals surface area contributed by atoms with Crippen LogP contribution in [-0.4, -0.2) is 41.8 Å². The predicted octanol–water partition coefficient (Wildman–Crippen LogP) is 1.51. The van der Waals surface area contributed by atoms with Gasteiger partial charge in [0.2, 0.25) is 0 Å². The molecule has 9 nitrogen and oxygen atoms in total. The summed E-state index contributed by atoms with van der Waals surface area (Å²) in [5.74, 6) is -1.91. The third-order valence-electron chi connectivity index (χ3n) is 3.81. The van der Waals surface area contributed by atoms with Crippen molar-refractivity contribution in [1.29, 1.82) is 0 Å². The Kier molecular flexibility index (Phi) is 5.45. The molecule has 0 bridgehead atoms. The van der Waals surface area contributed by atoms with Gasteiger partial charge in [0.15, 0.2) is 12.3 Å². The van der Waals surface area contributed by atoms with Gasteiger partial charge in [-0.2, -0.15) is 5.10 Å². The number of amides is 1. The van der Waals surface area contributed by atoms with Crippen LogP contribution in [0.15, 0.2) is 53.3 Å². The molecule has 0 spiro atoms. The van der Waals surface area contributed by atoms with Crippen LogP contribution in [0.3, 0.4) is 0 Å². The Labute approximate surface area is 158 Å². The Balaban J connectivity index is 1.63. The summed E-state index contributed by atoms with van der Waals surface area (Å²) < 4.78 is 9.57. The molecule has 0 fully saturated rings. The molecule has 2 aromatic carbocycles. The van der Waals surface area contributed by atoms with E-state index in [2.05, 4.69) is 20.3 Å². The first-order valence-corrected chi connectivity index (χ1v) is 8.12. The first kappa shape index (κ1) is 18.8. The summed E-state index contributed by atoms with van der Waals surface area (Å²) in [5.41, 5.74) is 0.231. The van der Waals surface area contributed by atoms with Gasteiger partial charge >= 0.3 is 11.9 Å². The molecule has 3 aromatic rings. The smallest absolute Gasteiger partial charge is 0.359 e. The molecule has 0 radical (unpaired) electrons. The zero-order valence-electron chi connectivity index (χ0n) is 14.7. The van der Waals surface area contributed by atoms with Crippen LogP contribution in [0.25, 0.3) is 10.8 Å². The highest BCUT2D eigenvalue weighted by atomic mass is 16.5. The Morgan fingerprint density at radius 1 is 1.00 bits per heavy atom. The van der Waals surface area contributed by atoms with Gasteiger partial charge < -0.3 is 14.8 Å². The molecule has 0 saturated carbocycles. The van der Waals surface area contributed by atoms with Crippen molar-refractivity contribution in [3.05, 3.63) is 70.1 Å². The lowest BCUT2D eigenvalue weighted by Gasteiger charge is -2.08. The summed E-state index contributed by atoms with van der Waals surface area (Å²) in [7, 11) is 1.27. The van der Waals surface area contributed by atoms with Crippen molar-refractivity contribution in [3.63, 3.8) is 0 Å². The summed E-state index contributed by atoms with van der Waals surface area (Å²) >= 11 is 0. The number of hydrogen-bond donors (Lipinski definition) is 2. The van der Waals surface area contributed by atoms with Crippen molar-refractivity contribution >= 4 is 34.3 Å². The largest absolute Gasteiger partial charge is 0.465 e. The van der Waals surface area contributed by atoms with E-state index >= 15 is 0 Å². The van der Waals surface area contributed by atoms with E-state index in [1.807, 2.05) is 0 Å². The fourth-order valence-corrected chi connectivity index (χ4v) is 2.47. The van der Waals surface area contributed by atoms with E-state index in [9.17, 15) is 19.2 Å². The number of hydrogen-bond acceptors (Lipinski definition) is 7. The first-order chi connectivity index (χ1) is 13.5. The molecule has 0 aliphatic rings. The van der Waals surface area contributed by atoms with Gasteiger partial charge in [0.05, 0.1) is 18.1 Å². The third kappa shape index (κ3) is 4.04. The fourth-order valence-electron chi connectivity index (χ4n) is 2.47. The molecular formula is C19H15N3O6. The average Bonchev–Trinajstić information content (AvgIpc) is 2.72. The second-order valence-corrected chi connectivity index (χ2v) is 5.64. The van der Waals surface area contributed by atoms with Gasteiger partial charge in [-0.3, -0.25) is 9.59 Å². The van der Waals surface area contributed by atoms with Gasteiger partial charge in [-0.25, -0.2) is 14.7 Å². The summed E-state index contributed by atoms with van der Waals surface area (Å²) in [6, 6.07) is 12.4. The number of rotatable bonds is 5. The van der Waals surface area contributed by atoms with E-state index in [4.69, 9.17) is 4.74 Å². The number of nitrogens with zero attached hydrogens (tertiary/aromatic N) is 1. The maximum absolute atomic E-state index is 12.2. The number of nitrogens with one attached hydrogen (secondary N) is 2. The number of carbonyl (C=O) groups is 3. The normalized spacial score (nSPS) is 10.3. The molecule has 1 heterocycles. The molecule has 1 aromatic heterocycles. The fraction of sp³-hybridized carbons (Fsp3) is 0.105. The molecule has 0 aliphatic carbocycles. The SMILES string of the molecule is COC(=O)c1ccc(NC(=O)COC(=O)c2n[nH]c(=O)c3ccccc23)cc1. The van der Waals surface area contributed by atoms with Crippen LogP contribution in [0.1, 0.15) is 20.8 Å². The van der Waals surface area contributed by atoms with Crippen molar-refractivity contribution < 1.29 is 23.9 Å². The number of esters is 2. The lowest BCUT2D eigenvalue weighted by atomic mass is 10.1. The highest BCUT2D eigenvalue weighted by molar-refractivity contribution is 6.03. The van der Waals surface area contributed by atoms with Crippen LogP contribution >= 0.6 is 0 Å². The highest BCUT2D eigenvalue weighted by Crippen LogP contribution is 2.14. The van der Waals surface area contributed by atoms with E-state index in [-0.39, 0.29) is 5.69 Å². The average molecular weight is 381 g/mol. The van der Waals surface area contributed by atoms with Crippen LogP contribution in [0.5, 0.6) is 0 Å². The number of benzene rings is 2. The zero-order valence-corrected chi connectivity index (χ0v) is 14.7. The van der Waals surface area contributed by atoms with Crippen molar-refractivity contribution in [2.24, 2.45) is 0 Å². The van der Waals surface area contributed by atoms with Crippen molar-refractivity contribution in [1.82, 2.24) is 10.2 Å². The maximum Gasteiger partial charge on any atom is 0.359 e. The van der Waals surface area contributed by atoms with Crippen LogP contribution in [0.2, 0.25) is 0 Å². The molecule has 0 unspecified atom stereocenters. The molecule has 28 heavy (non-hydrogen) atoms. The highest BCUT2D eigenvalue weighted by Gasteiger charge is 2.17. The molecule has 142 valence electrons. The number of aromatic nitrogens is 2. The topological polar surface area (TPSA) is 127 Å². The van der Waals surface area contributed by atoms with Gasteiger partial charge in [0, 0.05) is 11.1 Å². The molecule has 3 rings (SSSR count). The molecule has 9 heteroatoms. The van der Waals surface area contributed by atoms with E-state index in [1.165, 1.54) is 31.4 Å². The number of ether oxygens (including phenoxy) is 2. The monoisotopic (exact) mass is 381 g/mol. The summed E-state index contributed by atoms with van der Waals surface area (Å²) in [6.45, 7) is -0.549. The second-order valence-electron chi connectivity index (χ2n) is 5.64. The Bertz CT molecular complexity index is 1100.